The number of phenols is 2. The van der Waals surface area contributed by atoms with Crippen LogP contribution < -0.4 is 4.72 Å². The molecule has 0 heterocycles. The highest BCUT2D eigenvalue weighted by Gasteiger charge is 2.32. The summed E-state index contributed by atoms with van der Waals surface area (Å²) in [4.78, 5) is 19.6. The maximum atomic E-state index is 12.7. The molecule has 1 aliphatic rings. The van der Waals surface area contributed by atoms with Gasteiger partial charge >= 0.3 is 0 Å². The summed E-state index contributed by atoms with van der Waals surface area (Å²) in [5, 5.41) is 41.5. The number of sulfonamides is 1. The summed E-state index contributed by atoms with van der Waals surface area (Å²) in [5.74, 6) is -0.0945. The van der Waals surface area contributed by atoms with E-state index in [9.17, 15) is 38.9 Å². The van der Waals surface area contributed by atoms with Crippen molar-refractivity contribution < 1.29 is 28.5 Å². The number of rotatable bonds is 6. The van der Waals surface area contributed by atoms with E-state index in [1.54, 1.807) is 6.07 Å². The van der Waals surface area contributed by atoms with Crippen LogP contribution in [0.5, 0.6) is 11.5 Å². The van der Waals surface area contributed by atoms with Gasteiger partial charge in [-0.05, 0) is 49.3 Å². The molecular weight excluding hydrogens is 418 g/mol. The molecule has 160 valence electrons. The number of non-ortho nitro benzene ring substituents is 1. The van der Waals surface area contributed by atoms with E-state index in [0.717, 1.165) is 12.1 Å². The first kappa shape index (κ1) is 21.5. The van der Waals surface area contributed by atoms with Gasteiger partial charge in [-0.15, -0.1) is 0 Å². The molecule has 2 aromatic rings. The number of aromatic hydroxyl groups is 2. The molecule has 0 saturated heterocycles. The second-order valence-corrected chi connectivity index (χ2v) is 8.76. The number of phenolic OH excluding ortho intramolecular Hbond substituents is 2. The Morgan fingerprint density at radius 1 is 0.933 bits per heavy atom. The van der Waals surface area contributed by atoms with Gasteiger partial charge in [-0.25, -0.2) is 13.1 Å². The topological polar surface area (TPSA) is 173 Å². The lowest BCUT2D eigenvalue weighted by Crippen LogP contribution is -2.37. The van der Waals surface area contributed by atoms with Gasteiger partial charge in [-0.3, -0.25) is 20.2 Å². The fourth-order valence-corrected chi connectivity index (χ4v) is 5.13. The third kappa shape index (κ3) is 4.49. The molecule has 11 nitrogen and oxygen atoms in total. The van der Waals surface area contributed by atoms with Crippen LogP contribution in [-0.4, -0.2) is 34.5 Å². The van der Waals surface area contributed by atoms with Crippen molar-refractivity contribution in [2.75, 3.05) is 0 Å². The zero-order valence-corrected chi connectivity index (χ0v) is 16.4. The lowest BCUT2D eigenvalue weighted by molar-refractivity contribution is -0.396. The second-order valence-electron chi connectivity index (χ2n) is 7.08. The van der Waals surface area contributed by atoms with Crippen LogP contribution in [0.2, 0.25) is 0 Å². The zero-order valence-electron chi connectivity index (χ0n) is 15.6. The van der Waals surface area contributed by atoms with E-state index < -0.39 is 42.2 Å². The van der Waals surface area contributed by atoms with Gasteiger partial charge in [-0.2, -0.15) is 0 Å². The molecule has 3 rings (SSSR count). The lowest BCUT2D eigenvalue weighted by atomic mass is 9.81. The third-order valence-corrected chi connectivity index (χ3v) is 6.71. The van der Waals surface area contributed by atoms with Gasteiger partial charge in [0.1, 0.15) is 11.5 Å². The smallest absolute Gasteiger partial charge is 0.296 e. The highest BCUT2D eigenvalue weighted by molar-refractivity contribution is 7.89. The Bertz CT molecular complexity index is 1090. The summed E-state index contributed by atoms with van der Waals surface area (Å²) in [6, 6.07) is 6.26. The number of nitrogens with zero attached hydrogens (tertiary/aromatic N) is 2. The molecular formula is C18H19N3O8S. The van der Waals surface area contributed by atoms with Gasteiger partial charge < -0.3 is 10.2 Å². The molecule has 0 amide bonds. The lowest BCUT2D eigenvalue weighted by Gasteiger charge is -2.29. The Hall–Kier alpha value is -3.25. The fourth-order valence-electron chi connectivity index (χ4n) is 3.67. The molecule has 30 heavy (non-hydrogen) atoms. The van der Waals surface area contributed by atoms with E-state index in [4.69, 9.17) is 0 Å². The van der Waals surface area contributed by atoms with Crippen molar-refractivity contribution in [3.8, 4) is 11.5 Å². The van der Waals surface area contributed by atoms with E-state index in [1.165, 1.54) is 12.1 Å². The summed E-state index contributed by atoms with van der Waals surface area (Å²) < 4.78 is 27.8. The summed E-state index contributed by atoms with van der Waals surface area (Å²) in [7, 11) is -4.27. The second kappa shape index (κ2) is 8.24. The first-order chi connectivity index (χ1) is 14.1. The van der Waals surface area contributed by atoms with Gasteiger partial charge in [-0.1, -0.05) is 6.07 Å². The quantitative estimate of drug-likeness (QED) is 0.457. The number of hydrogen-bond donors (Lipinski definition) is 3. The largest absolute Gasteiger partial charge is 0.508 e. The molecule has 2 aromatic carbocycles. The van der Waals surface area contributed by atoms with Crippen LogP contribution in [0.15, 0.2) is 41.3 Å². The van der Waals surface area contributed by atoms with Gasteiger partial charge in [0.25, 0.3) is 11.4 Å². The van der Waals surface area contributed by atoms with Crippen molar-refractivity contribution in [2.24, 2.45) is 0 Å². The molecule has 0 atom stereocenters. The molecule has 0 aromatic heterocycles. The molecule has 1 saturated carbocycles. The van der Waals surface area contributed by atoms with E-state index in [2.05, 4.69) is 4.72 Å². The van der Waals surface area contributed by atoms with Gasteiger partial charge in [0.05, 0.1) is 15.9 Å². The summed E-state index contributed by atoms with van der Waals surface area (Å²) in [5.41, 5.74) is -0.769. The maximum absolute atomic E-state index is 12.7. The molecule has 0 unspecified atom stereocenters. The predicted molar refractivity (Wildman–Crippen MR) is 105 cm³/mol. The first-order valence-electron chi connectivity index (χ1n) is 9.05. The minimum atomic E-state index is -4.27. The maximum Gasteiger partial charge on any atom is 0.296 e. The van der Waals surface area contributed by atoms with E-state index in [1.807, 2.05) is 0 Å². The summed E-state index contributed by atoms with van der Waals surface area (Å²) in [6.45, 7) is 0. The first-order valence-corrected chi connectivity index (χ1v) is 10.5. The number of nitro benzene ring substituents is 2. The van der Waals surface area contributed by atoms with Gasteiger partial charge in [0.15, 0.2) is 4.90 Å². The Morgan fingerprint density at radius 3 is 2.17 bits per heavy atom. The standard InChI is InChI=1S/C18H19N3O8S/c22-14-6-7-15(17(23)10-14)11-1-3-12(4-2-11)19-30(28,29)18-8-5-13(20(24)25)9-16(18)21(26)27/h5-12,19,22-23H,1-4H2/t11-,12+. The van der Waals surface area contributed by atoms with E-state index in [0.29, 0.717) is 37.3 Å². The highest BCUT2D eigenvalue weighted by Crippen LogP contribution is 2.39. The van der Waals surface area contributed by atoms with Crippen LogP contribution >= 0.6 is 0 Å². The number of nitro groups is 2. The fraction of sp³-hybridized carbons (Fsp3) is 0.333. The van der Waals surface area contributed by atoms with E-state index >= 15 is 0 Å². The molecule has 1 fully saturated rings. The molecule has 0 aliphatic heterocycles. The highest BCUT2D eigenvalue weighted by atomic mass is 32.2. The van der Waals surface area contributed by atoms with Crippen LogP contribution in [0.4, 0.5) is 11.4 Å². The van der Waals surface area contributed by atoms with Crippen molar-refractivity contribution >= 4 is 21.4 Å². The van der Waals surface area contributed by atoms with Crippen molar-refractivity contribution in [1.82, 2.24) is 4.72 Å². The number of nitrogens with one attached hydrogen (secondary N) is 1. The SMILES string of the molecule is O=[N+]([O-])c1ccc(S(=O)(=O)N[C@H]2CC[C@@H](c3ccc(O)cc3O)CC2)c([N+](=O)[O-])c1. The van der Waals surface area contributed by atoms with Crippen molar-refractivity contribution in [3.05, 3.63) is 62.2 Å². The molecule has 0 spiro atoms. The average Bonchev–Trinajstić information content (AvgIpc) is 2.68. The third-order valence-electron chi connectivity index (χ3n) is 5.14. The van der Waals surface area contributed by atoms with Crippen LogP contribution in [0.3, 0.4) is 0 Å². The predicted octanol–water partition coefficient (Wildman–Crippen LogP) is 2.92. The van der Waals surface area contributed by atoms with E-state index in [-0.39, 0.29) is 17.4 Å². The average molecular weight is 437 g/mol. The van der Waals surface area contributed by atoms with Crippen LogP contribution in [0, 0.1) is 20.2 Å². The minimum Gasteiger partial charge on any atom is -0.508 e. The van der Waals surface area contributed by atoms with Crippen molar-refractivity contribution in [2.45, 2.75) is 42.5 Å². The Labute approximate surface area is 171 Å². The van der Waals surface area contributed by atoms with Crippen LogP contribution in [0.25, 0.3) is 0 Å². The molecule has 1 aliphatic carbocycles. The number of benzene rings is 2. The minimum absolute atomic E-state index is 0.0138. The summed E-state index contributed by atoms with van der Waals surface area (Å²) >= 11 is 0. The normalized spacial score (nSPS) is 19.3. The molecule has 12 heteroatoms. The Kier molecular flexibility index (Phi) is 5.89. The number of hydrogen-bond acceptors (Lipinski definition) is 8. The van der Waals surface area contributed by atoms with Crippen LogP contribution in [-0.2, 0) is 10.0 Å². The summed E-state index contributed by atoms with van der Waals surface area (Å²) in [6.07, 6.45) is 2.00. The van der Waals surface area contributed by atoms with Crippen LogP contribution in [0.1, 0.15) is 37.2 Å². The van der Waals surface area contributed by atoms with Crippen molar-refractivity contribution in [3.63, 3.8) is 0 Å². The van der Waals surface area contributed by atoms with Crippen molar-refractivity contribution in [1.29, 1.82) is 0 Å². The Balaban J connectivity index is 1.74. The molecule has 3 N–H and O–H groups in total. The molecule has 0 bridgehead atoms. The zero-order chi connectivity index (χ0) is 22.1. The monoisotopic (exact) mass is 437 g/mol. The molecule has 0 radical (unpaired) electrons. The Morgan fingerprint density at radius 2 is 1.60 bits per heavy atom. The van der Waals surface area contributed by atoms with Gasteiger partial charge in [0, 0.05) is 18.2 Å². The van der Waals surface area contributed by atoms with Gasteiger partial charge in [0.2, 0.25) is 10.0 Å².